The van der Waals surface area contributed by atoms with Crippen molar-refractivity contribution in [2.45, 2.75) is 116 Å². The number of hydrogen-bond acceptors (Lipinski definition) is 11. The molecule has 240 valence electrons. The number of ether oxygens (including phenoxy) is 5. The van der Waals surface area contributed by atoms with Crippen LogP contribution in [0.1, 0.15) is 80.3 Å². The third-order valence-corrected chi connectivity index (χ3v) is 7.23. The van der Waals surface area contributed by atoms with Crippen LogP contribution in [0.4, 0.5) is 10.6 Å². The molecule has 0 radical (unpaired) electrons. The fraction of sp³-hybridized carbons (Fsp3) is 0.667. The van der Waals surface area contributed by atoms with E-state index in [4.69, 9.17) is 23.7 Å². The molecule has 2 aromatic heterocycles. The summed E-state index contributed by atoms with van der Waals surface area (Å²) in [5.74, 6) is -1.95. The van der Waals surface area contributed by atoms with Gasteiger partial charge >= 0.3 is 12.1 Å². The standard InChI is InChI=1S/C30H42N6O8/c1-9-10-11-21(37)34-25-18-12-13-20(36(18)33-16-32-25)30(15-31)24-23(42-29(7,8)43-24)19(41-30)14-40-26(38)22(17(2)3)35-27(39)44-28(4,5)6/h12-13,16-17,19,22-24H,9-11,14H2,1-8H3,(H,35,39)(H,32,33,34,37)/t19-,22+,23-,24-,30+/m1/s1. The number of aromatic nitrogens is 3. The molecule has 2 aliphatic heterocycles. The third-order valence-electron chi connectivity index (χ3n) is 7.23. The molecule has 5 atom stereocenters. The lowest BCUT2D eigenvalue weighted by Gasteiger charge is -2.29. The minimum Gasteiger partial charge on any atom is -0.461 e. The van der Waals surface area contributed by atoms with Crippen molar-refractivity contribution < 1.29 is 38.1 Å². The Labute approximate surface area is 256 Å². The van der Waals surface area contributed by atoms with Gasteiger partial charge in [-0.2, -0.15) is 10.4 Å². The summed E-state index contributed by atoms with van der Waals surface area (Å²) < 4.78 is 31.1. The highest BCUT2D eigenvalue weighted by atomic mass is 16.8. The van der Waals surface area contributed by atoms with E-state index in [2.05, 4.69) is 26.8 Å². The lowest BCUT2D eigenvalue weighted by Crippen LogP contribution is -2.48. The van der Waals surface area contributed by atoms with Crippen LogP contribution in [-0.4, -0.2) is 74.9 Å². The Morgan fingerprint density at radius 2 is 1.91 bits per heavy atom. The van der Waals surface area contributed by atoms with E-state index in [0.717, 1.165) is 12.8 Å². The number of nitriles is 1. The number of amides is 2. The average molecular weight is 615 g/mol. The van der Waals surface area contributed by atoms with Crippen LogP contribution in [0.15, 0.2) is 18.5 Å². The Hall–Kier alpha value is -3.80. The van der Waals surface area contributed by atoms with Gasteiger partial charge in [-0.3, -0.25) is 4.79 Å². The zero-order chi connectivity index (χ0) is 32.4. The van der Waals surface area contributed by atoms with E-state index in [1.807, 2.05) is 6.92 Å². The first-order chi connectivity index (χ1) is 20.6. The highest BCUT2D eigenvalue weighted by molar-refractivity contribution is 5.93. The van der Waals surface area contributed by atoms with Gasteiger partial charge in [0.2, 0.25) is 11.5 Å². The van der Waals surface area contributed by atoms with Gasteiger partial charge in [0.25, 0.3) is 0 Å². The molecule has 2 aromatic rings. The predicted molar refractivity (Wildman–Crippen MR) is 156 cm³/mol. The van der Waals surface area contributed by atoms with E-state index in [9.17, 15) is 19.6 Å². The topological polar surface area (TPSA) is 175 Å². The van der Waals surface area contributed by atoms with Gasteiger partial charge in [0, 0.05) is 6.42 Å². The summed E-state index contributed by atoms with van der Waals surface area (Å²) >= 11 is 0. The summed E-state index contributed by atoms with van der Waals surface area (Å²) in [5, 5.41) is 20.4. The van der Waals surface area contributed by atoms with Gasteiger partial charge < -0.3 is 34.3 Å². The number of carbonyl (C=O) groups excluding carboxylic acids is 3. The highest BCUT2D eigenvalue weighted by Gasteiger charge is 2.65. The molecule has 2 saturated heterocycles. The zero-order valence-corrected chi connectivity index (χ0v) is 26.5. The van der Waals surface area contributed by atoms with E-state index in [1.54, 1.807) is 60.6 Å². The average Bonchev–Trinajstić information content (AvgIpc) is 3.59. The Morgan fingerprint density at radius 1 is 1.18 bits per heavy atom. The molecule has 0 bridgehead atoms. The number of alkyl carbamates (subject to hydrolysis) is 1. The van der Waals surface area contributed by atoms with Crippen LogP contribution in [0.25, 0.3) is 5.52 Å². The van der Waals surface area contributed by atoms with Crippen molar-refractivity contribution in [3.63, 3.8) is 0 Å². The monoisotopic (exact) mass is 614 g/mol. The molecule has 44 heavy (non-hydrogen) atoms. The number of fused-ring (bicyclic) bond motifs is 2. The molecule has 0 aliphatic carbocycles. The Balaban J connectivity index is 1.59. The number of anilines is 1. The zero-order valence-electron chi connectivity index (χ0n) is 26.5. The fourth-order valence-electron chi connectivity index (χ4n) is 5.26. The molecule has 14 heteroatoms. The Morgan fingerprint density at radius 3 is 2.55 bits per heavy atom. The van der Waals surface area contributed by atoms with Gasteiger partial charge in [-0.05, 0) is 59.1 Å². The largest absolute Gasteiger partial charge is 0.461 e. The van der Waals surface area contributed by atoms with Crippen molar-refractivity contribution in [3.8, 4) is 6.07 Å². The van der Waals surface area contributed by atoms with Gasteiger partial charge in [-0.25, -0.2) is 19.1 Å². The molecule has 2 aliphatic rings. The molecule has 0 aromatic carbocycles. The first-order valence-corrected chi connectivity index (χ1v) is 14.8. The third kappa shape index (κ3) is 6.95. The summed E-state index contributed by atoms with van der Waals surface area (Å²) in [6.07, 6.45) is -0.103. The second kappa shape index (κ2) is 12.7. The lowest BCUT2D eigenvalue weighted by molar-refractivity contribution is -0.207. The second-order valence-electron chi connectivity index (χ2n) is 12.8. The summed E-state index contributed by atoms with van der Waals surface area (Å²) in [5.41, 5.74) is -1.67. The molecule has 2 N–H and O–H groups in total. The van der Waals surface area contributed by atoms with Crippen molar-refractivity contribution in [2.75, 3.05) is 11.9 Å². The van der Waals surface area contributed by atoms with E-state index in [0.29, 0.717) is 23.4 Å². The van der Waals surface area contributed by atoms with E-state index in [1.165, 1.54) is 10.8 Å². The van der Waals surface area contributed by atoms with Crippen molar-refractivity contribution in [1.29, 1.82) is 5.26 Å². The number of unbranched alkanes of at least 4 members (excludes halogenated alkanes) is 1. The molecule has 0 spiro atoms. The van der Waals surface area contributed by atoms with Gasteiger partial charge in [-0.1, -0.05) is 27.2 Å². The number of nitrogens with one attached hydrogen (secondary N) is 2. The number of hydrogen-bond donors (Lipinski definition) is 2. The van der Waals surface area contributed by atoms with Crippen LogP contribution in [-0.2, 0) is 38.9 Å². The van der Waals surface area contributed by atoms with E-state index in [-0.39, 0.29) is 18.4 Å². The van der Waals surface area contributed by atoms with Crippen molar-refractivity contribution in [1.82, 2.24) is 19.9 Å². The molecule has 4 rings (SSSR count). The maximum absolute atomic E-state index is 13.1. The van der Waals surface area contributed by atoms with Crippen LogP contribution < -0.4 is 10.6 Å². The van der Waals surface area contributed by atoms with E-state index >= 15 is 0 Å². The van der Waals surface area contributed by atoms with Crippen LogP contribution >= 0.6 is 0 Å². The quantitative estimate of drug-likeness (QED) is 0.374. The van der Waals surface area contributed by atoms with Crippen molar-refractivity contribution >= 4 is 29.3 Å². The van der Waals surface area contributed by atoms with Crippen molar-refractivity contribution in [3.05, 3.63) is 24.2 Å². The van der Waals surface area contributed by atoms with Gasteiger partial charge in [0.15, 0.2) is 11.6 Å². The summed E-state index contributed by atoms with van der Waals surface area (Å²) in [6.45, 7) is 13.9. The minimum atomic E-state index is -1.72. The molecular formula is C30H42N6O8. The summed E-state index contributed by atoms with van der Waals surface area (Å²) in [7, 11) is 0. The number of nitrogens with zero attached hydrogens (tertiary/aromatic N) is 4. The maximum Gasteiger partial charge on any atom is 0.408 e. The van der Waals surface area contributed by atoms with Crippen LogP contribution in [0, 0.1) is 17.2 Å². The van der Waals surface area contributed by atoms with Crippen LogP contribution in [0.5, 0.6) is 0 Å². The first kappa shape index (κ1) is 33.1. The van der Waals surface area contributed by atoms with Gasteiger partial charge in [-0.15, -0.1) is 0 Å². The van der Waals surface area contributed by atoms with Crippen molar-refractivity contribution in [2.24, 2.45) is 5.92 Å². The molecule has 0 unspecified atom stereocenters. The lowest BCUT2D eigenvalue weighted by atomic mass is 9.92. The fourth-order valence-corrected chi connectivity index (χ4v) is 5.26. The minimum absolute atomic E-state index is 0.181. The maximum atomic E-state index is 13.1. The van der Waals surface area contributed by atoms with Gasteiger partial charge in [0.1, 0.15) is 54.5 Å². The normalized spacial score (nSPS) is 24.9. The molecular weight excluding hydrogens is 572 g/mol. The second-order valence-corrected chi connectivity index (χ2v) is 12.8. The molecule has 2 amide bonds. The number of esters is 1. The Kier molecular flexibility index (Phi) is 9.53. The predicted octanol–water partition coefficient (Wildman–Crippen LogP) is 3.59. The van der Waals surface area contributed by atoms with Gasteiger partial charge in [0.05, 0.1) is 5.69 Å². The SMILES string of the molecule is CCCCC(=O)Nc1ncnn2c([C@]3(C#N)O[C@H](COC(=O)[C@@H](NC(=O)OC(C)(C)C)C(C)C)[C@H]4OC(C)(C)O[C@H]43)ccc12. The molecule has 4 heterocycles. The van der Waals surface area contributed by atoms with Crippen LogP contribution in [0.2, 0.25) is 0 Å². The van der Waals surface area contributed by atoms with E-state index < -0.39 is 53.4 Å². The summed E-state index contributed by atoms with van der Waals surface area (Å²) in [6, 6.07) is 4.63. The molecule has 2 fully saturated rings. The number of carbonyl (C=O) groups is 3. The molecule has 14 nitrogen and oxygen atoms in total. The summed E-state index contributed by atoms with van der Waals surface area (Å²) in [4.78, 5) is 42.2. The van der Waals surface area contributed by atoms with Crippen LogP contribution in [0.3, 0.4) is 0 Å². The first-order valence-electron chi connectivity index (χ1n) is 14.8. The number of rotatable bonds is 10. The Bertz CT molecular complexity index is 1430. The highest BCUT2D eigenvalue weighted by Crippen LogP contribution is 2.49. The smallest absolute Gasteiger partial charge is 0.408 e. The molecule has 0 saturated carbocycles.